The molecule has 2 atom stereocenters. The summed E-state index contributed by atoms with van der Waals surface area (Å²) in [6, 6.07) is 5.70. The molecule has 1 aromatic carbocycles. The van der Waals surface area contributed by atoms with Gasteiger partial charge in [0.1, 0.15) is 17.0 Å². The molecule has 0 aliphatic heterocycles. The zero-order valence-electron chi connectivity index (χ0n) is 12.7. The molecule has 0 saturated heterocycles. The number of aliphatic hydroxyl groups is 1. The van der Waals surface area contributed by atoms with Crippen LogP contribution in [0.5, 0.6) is 0 Å². The maximum absolute atomic E-state index is 13.3. The average Bonchev–Trinajstić information content (AvgIpc) is 2.34. The topological polar surface area (TPSA) is 46.5 Å². The van der Waals surface area contributed by atoms with Crippen LogP contribution in [0.4, 0.5) is 4.39 Å². The lowest BCUT2D eigenvalue weighted by atomic mass is 9.80. The van der Waals surface area contributed by atoms with Gasteiger partial charge in [0.15, 0.2) is 0 Å². The van der Waals surface area contributed by atoms with Crippen LogP contribution in [-0.4, -0.2) is 16.7 Å². The quantitative estimate of drug-likeness (QED) is 0.861. The normalized spacial score (nSPS) is 16.4. The molecule has 0 radical (unpaired) electrons. The van der Waals surface area contributed by atoms with Gasteiger partial charge in [0, 0.05) is 0 Å². The Kier molecular flexibility index (Phi) is 4.92. The molecule has 2 unspecified atom stereocenters. The monoisotopic (exact) mass is 282 g/mol. The number of hydrogen-bond donors (Lipinski definition) is 1. The van der Waals surface area contributed by atoms with Crippen LogP contribution in [0.15, 0.2) is 24.3 Å². The predicted octanol–water partition coefficient (Wildman–Crippen LogP) is 3.40. The van der Waals surface area contributed by atoms with Crippen molar-refractivity contribution in [2.75, 3.05) is 0 Å². The van der Waals surface area contributed by atoms with Gasteiger partial charge in [0.25, 0.3) is 0 Å². The third kappa shape index (κ3) is 3.79. The second kappa shape index (κ2) is 5.92. The van der Waals surface area contributed by atoms with Crippen LogP contribution in [0.3, 0.4) is 0 Å². The summed E-state index contributed by atoms with van der Waals surface area (Å²) in [4.78, 5) is 12.1. The van der Waals surface area contributed by atoms with Crippen molar-refractivity contribution in [1.29, 1.82) is 0 Å². The van der Waals surface area contributed by atoms with Crippen molar-refractivity contribution >= 4 is 5.97 Å². The molecule has 20 heavy (non-hydrogen) atoms. The zero-order chi connectivity index (χ0) is 15.6. The Hall–Kier alpha value is -1.42. The summed E-state index contributed by atoms with van der Waals surface area (Å²) in [5.74, 6) is -1.72. The molecule has 1 N–H and O–H groups in total. The van der Waals surface area contributed by atoms with Gasteiger partial charge in [-0.25, -0.2) is 4.39 Å². The van der Waals surface area contributed by atoms with Crippen LogP contribution >= 0.6 is 0 Å². The molecule has 0 aliphatic rings. The molecule has 0 fully saturated rings. The molecular formula is C16H23FO3. The van der Waals surface area contributed by atoms with Gasteiger partial charge in [-0.2, -0.15) is 0 Å². The number of hydrogen-bond acceptors (Lipinski definition) is 3. The molecule has 112 valence electrons. The summed E-state index contributed by atoms with van der Waals surface area (Å²) in [6.07, 6.45) is 0.289. The van der Waals surface area contributed by atoms with Gasteiger partial charge in [0.2, 0.25) is 0 Å². The predicted molar refractivity (Wildman–Crippen MR) is 75.6 cm³/mol. The molecule has 0 aromatic heterocycles. The highest BCUT2D eigenvalue weighted by Crippen LogP contribution is 2.34. The standard InChI is InChI=1S/C16H23FO3/c1-6-16(19,12-8-7-9-13(17)10-12)11(2)14(18)20-15(3,4)5/h7-11,19H,6H2,1-5H3. The number of carbonyl (C=O) groups is 1. The Balaban J connectivity index is 3.07. The highest BCUT2D eigenvalue weighted by molar-refractivity contribution is 5.74. The first-order valence-corrected chi connectivity index (χ1v) is 6.81. The molecule has 4 heteroatoms. The molecule has 1 aromatic rings. The fraction of sp³-hybridized carbons (Fsp3) is 0.562. The van der Waals surface area contributed by atoms with E-state index in [0.717, 1.165) is 0 Å². The molecule has 0 aliphatic carbocycles. The minimum Gasteiger partial charge on any atom is -0.460 e. The van der Waals surface area contributed by atoms with E-state index in [9.17, 15) is 14.3 Å². The largest absolute Gasteiger partial charge is 0.460 e. The van der Waals surface area contributed by atoms with Gasteiger partial charge in [-0.1, -0.05) is 19.1 Å². The van der Waals surface area contributed by atoms with Crippen LogP contribution in [0.2, 0.25) is 0 Å². The van der Waals surface area contributed by atoms with E-state index in [2.05, 4.69) is 0 Å². The van der Waals surface area contributed by atoms with E-state index in [1.54, 1.807) is 40.7 Å². The maximum Gasteiger partial charge on any atom is 0.312 e. The van der Waals surface area contributed by atoms with E-state index in [-0.39, 0.29) is 6.42 Å². The fourth-order valence-corrected chi connectivity index (χ4v) is 2.10. The van der Waals surface area contributed by atoms with E-state index in [1.807, 2.05) is 0 Å². The van der Waals surface area contributed by atoms with Gasteiger partial charge < -0.3 is 9.84 Å². The van der Waals surface area contributed by atoms with Crippen molar-refractivity contribution in [3.8, 4) is 0 Å². The van der Waals surface area contributed by atoms with Gasteiger partial charge in [-0.15, -0.1) is 0 Å². The minimum absolute atomic E-state index is 0.289. The highest BCUT2D eigenvalue weighted by Gasteiger charge is 2.40. The van der Waals surface area contributed by atoms with Gasteiger partial charge in [-0.3, -0.25) is 4.79 Å². The smallest absolute Gasteiger partial charge is 0.312 e. The number of esters is 1. The molecule has 3 nitrogen and oxygen atoms in total. The van der Waals surface area contributed by atoms with E-state index in [0.29, 0.717) is 5.56 Å². The molecule has 0 spiro atoms. The molecule has 1 rings (SSSR count). The summed E-state index contributed by atoms with van der Waals surface area (Å²) in [5, 5.41) is 10.8. The number of benzene rings is 1. The van der Waals surface area contributed by atoms with Crippen molar-refractivity contribution < 1.29 is 19.0 Å². The molecular weight excluding hydrogens is 259 g/mol. The molecule has 0 saturated carbocycles. The maximum atomic E-state index is 13.3. The summed E-state index contributed by atoms with van der Waals surface area (Å²) in [5.41, 5.74) is -1.68. The summed E-state index contributed by atoms with van der Waals surface area (Å²) in [7, 11) is 0. The molecule has 0 heterocycles. The SMILES string of the molecule is CCC(O)(c1cccc(F)c1)C(C)C(=O)OC(C)(C)C. The molecule has 0 amide bonds. The summed E-state index contributed by atoms with van der Waals surface area (Å²) in [6.45, 7) is 8.66. The third-order valence-corrected chi connectivity index (χ3v) is 3.34. The van der Waals surface area contributed by atoms with Crippen molar-refractivity contribution in [1.82, 2.24) is 0 Å². The zero-order valence-corrected chi connectivity index (χ0v) is 12.7. The van der Waals surface area contributed by atoms with Crippen molar-refractivity contribution in [2.24, 2.45) is 5.92 Å². The highest BCUT2D eigenvalue weighted by atomic mass is 19.1. The number of ether oxygens (including phenoxy) is 1. The fourth-order valence-electron chi connectivity index (χ4n) is 2.10. The third-order valence-electron chi connectivity index (χ3n) is 3.34. The lowest BCUT2D eigenvalue weighted by Crippen LogP contribution is -2.41. The Bertz CT molecular complexity index is 479. The first kappa shape index (κ1) is 16.6. The molecule has 0 bridgehead atoms. The van der Waals surface area contributed by atoms with Crippen LogP contribution in [0.25, 0.3) is 0 Å². The lowest BCUT2D eigenvalue weighted by molar-refractivity contribution is -0.170. The Labute approximate surface area is 119 Å². The first-order chi connectivity index (χ1) is 9.10. The average molecular weight is 282 g/mol. The van der Waals surface area contributed by atoms with Crippen LogP contribution in [0, 0.1) is 11.7 Å². The number of carbonyl (C=O) groups excluding carboxylic acids is 1. The van der Waals surface area contributed by atoms with Gasteiger partial charge >= 0.3 is 5.97 Å². The summed E-state index contributed by atoms with van der Waals surface area (Å²) >= 11 is 0. The van der Waals surface area contributed by atoms with Crippen LogP contribution in [0.1, 0.15) is 46.6 Å². The minimum atomic E-state index is -1.44. The Morgan fingerprint density at radius 1 is 1.40 bits per heavy atom. The van der Waals surface area contributed by atoms with E-state index < -0.39 is 28.9 Å². The number of rotatable bonds is 4. The van der Waals surface area contributed by atoms with Crippen molar-refractivity contribution in [3.05, 3.63) is 35.6 Å². The van der Waals surface area contributed by atoms with Crippen LogP contribution in [-0.2, 0) is 15.1 Å². The lowest BCUT2D eigenvalue weighted by Gasteiger charge is -2.34. The van der Waals surface area contributed by atoms with Crippen LogP contribution < -0.4 is 0 Å². The Morgan fingerprint density at radius 3 is 2.45 bits per heavy atom. The van der Waals surface area contributed by atoms with Crippen molar-refractivity contribution in [2.45, 2.75) is 52.2 Å². The van der Waals surface area contributed by atoms with Gasteiger partial charge in [-0.05, 0) is 51.8 Å². The Morgan fingerprint density at radius 2 is 2.00 bits per heavy atom. The van der Waals surface area contributed by atoms with Gasteiger partial charge in [0.05, 0.1) is 5.92 Å². The number of halogens is 1. The first-order valence-electron chi connectivity index (χ1n) is 6.81. The van der Waals surface area contributed by atoms with E-state index >= 15 is 0 Å². The second-order valence-corrected chi connectivity index (χ2v) is 6.04. The van der Waals surface area contributed by atoms with Crippen molar-refractivity contribution in [3.63, 3.8) is 0 Å². The van der Waals surface area contributed by atoms with E-state index in [4.69, 9.17) is 4.74 Å². The summed E-state index contributed by atoms with van der Waals surface area (Å²) < 4.78 is 18.6. The van der Waals surface area contributed by atoms with E-state index in [1.165, 1.54) is 18.2 Å². The second-order valence-electron chi connectivity index (χ2n) is 6.04.